The van der Waals surface area contributed by atoms with E-state index in [1.165, 1.54) is 25.7 Å². The number of carbonyl (C=O) groups is 1. The van der Waals surface area contributed by atoms with E-state index in [1.807, 2.05) is 30.5 Å². The van der Waals surface area contributed by atoms with Crippen LogP contribution in [0.1, 0.15) is 50.5 Å². The summed E-state index contributed by atoms with van der Waals surface area (Å²) in [6.07, 6.45) is 14.2. The largest absolute Gasteiger partial charge is 0.454 e. The van der Waals surface area contributed by atoms with Crippen LogP contribution in [0.2, 0.25) is 0 Å². The van der Waals surface area contributed by atoms with Crippen molar-refractivity contribution in [2.75, 3.05) is 6.79 Å². The average Bonchev–Trinajstić information content (AvgIpc) is 3.23. The molecule has 2 aromatic rings. The molecule has 3 bridgehead atoms. The molecule has 6 rings (SSSR count). The van der Waals surface area contributed by atoms with Crippen LogP contribution in [0.4, 0.5) is 0 Å². The van der Waals surface area contributed by atoms with E-state index in [9.17, 15) is 4.79 Å². The number of allylic oxidation sites excluding steroid dienone is 1. The first kappa shape index (κ1) is 16.6. The lowest BCUT2D eigenvalue weighted by Gasteiger charge is -2.38. The second-order valence-electron chi connectivity index (χ2n) is 9.30. The molecule has 4 unspecified atom stereocenters. The van der Waals surface area contributed by atoms with Gasteiger partial charge >= 0.3 is 0 Å². The van der Waals surface area contributed by atoms with Crippen LogP contribution >= 0.6 is 0 Å². The minimum Gasteiger partial charge on any atom is -0.454 e. The van der Waals surface area contributed by atoms with Crippen molar-refractivity contribution in [3.8, 4) is 11.5 Å². The number of rotatable bonds is 3. The van der Waals surface area contributed by atoms with Gasteiger partial charge in [0.2, 0.25) is 6.79 Å². The van der Waals surface area contributed by atoms with Crippen molar-refractivity contribution < 1.29 is 14.3 Å². The van der Waals surface area contributed by atoms with Crippen LogP contribution in [-0.2, 0) is 4.79 Å². The fourth-order valence-electron chi connectivity index (χ4n) is 6.45. The van der Waals surface area contributed by atoms with Gasteiger partial charge in [-0.3, -0.25) is 9.78 Å². The van der Waals surface area contributed by atoms with Crippen molar-refractivity contribution in [3.05, 3.63) is 36.0 Å². The molecule has 4 nitrogen and oxygen atoms in total. The van der Waals surface area contributed by atoms with Crippen LogP contribution in [-0.4, -0.2) is 17.6 Å². The molecule has 3 aliphatic carbocycles. The van der Waals surface area contributed by atoms with Gasteiger partial charge in [-0.2, -0.15) is 0 Å². The molecule has 2 heterocycles. The minimum atomic E-state index is -0.0917. The summed E-state index contributed by atoms with van der Waals surface area (Å²) in [6.45, 7) is 0.262. The summed E-state index contributed by atoms with van der Waals surface area (Å²) >= 11 is 0. The van der Waals surface area contributed by atoms with Gasteiger partial charge in [-0.25, -0.2) is 0 Å². The molecule has 1 aromatic carbocycles. The fraction of sp³-hybridized carbons (Fsp3) is 0.500. The van der Waals surface area contributed by atoms with Gasteiger partial charge in [0.1, 0.15) is 0 Å². The molecule has 0 amide bonds. The van der Waals surface area contributed by atoms with Gasteiger partial charge < -0.3 is 9.47 Å². The topological polar surface area (TPSA) is 48.4 Å². The highest BCUT2D eigenvalue weighted by Gasteiger charge is 2.52. The van der Waals surface area contributed by atoms with Crippen molar-refractivity contribution in [1.29, 1.82) is 0 Å². The summed E-state index contributed by atoms with van der Waals surface area (Å²) in [5.41, 5.74) is 1.75. The quantitative estimate of drug-likeness (QED) is 0.696. The molecule has 0 spiro atoms. The van der Waals surface area contributed by atoms with Gasteiger partial charge in [0.25, 0.3) is 0 Å². The summed E-state index contributed by atoms with van der Waals surface area (Å²) in [5, 5.41) is 1.00. The number of pyridine rings is 1. The predicted molar refractivity (Wildman–Crippen MR) is 107 cm³/mol. The smallest absolute Gasteiger partial charge is 0.231 e. The van der Waals surface area contributed by atoms with Gasteiger partial charge in [-0.05, 0) is 79.7 Å². The Labute approximate surface area is 164 Å². The monoisotopic (exact) mass is 375 g/mol. The second kappa shape index (κ2) is 6.07. The van der Waals surface area contributed by atoms with Crippen molar-refractivity contribution in [3.63, 3.8) is 0 Å². The Hall–Kier alpha value is -2.36. The molecule has 0 N–H and O–H groups in total. The number of ketones is 1. The van der Waals surface area contributed by atoms with Gasteiger partial charge in [-0.15, -0.1) is 0 Å². The highest BCUT2D eigenvalue weighted by atomic mass is 16.7. The van der Waals surface area contributed by atoms with E-state index in [4.69, 9.17) is 9.47 Å². The number of hydrogen-bond acceptors (Lipinski definition) is 4. The molecule has 4 aliphatic rings. The summed E-state index contributed by atoms with van der Waals surface area (Å²) < 4.78 is 10.9. The normalized spacial score (nSPS) is 32.9. The molecular formula is C24H25NO3. The zero-order valence-electron chi connectivity index (χ0n) is 16.0. The number of carbonyl (C=O) groups excluding carboxylic acids is 1. The number of hydrogen-bond donors (Lipinski definition) is 0. The van der Waals surface area contributed by atoms with Gasteiger partial charge in [0.15, 0.2) is 17.3 Å². The lowest BCUT2D eigenvalue weighted by Crippen LogP contribution is -2.35. The van der Waals surface area contributed by atoms with Crippen LogP contribution in [0.25, 0.3) is 17.0 Å². The summed E-state index contributed by atoms with van der Waals surface area (Å²) in [5.74, 6) is 4.32. The molecule has 1 aliphatic heterocycles. The van der Waals surface area contributed by atoms with Crippen molar-refractivity contribution >= 4 is 22.8 Å². The fourth-order valence-corrected chi connectivity index (χ4v) is 6.45. The van der Waals surface area contributed by atoms with E-state index in [2.05, 4.69) is 11.1 Å². The average molecular weight is 375 g/mol. The molecule has 1 aromatic heterocycles. The molecule has 4 heteroatoms. The van der Waals surface area contributed by atoms with E-state index in [1.54, 1.807) is 0 Å². The van der Waals surface area contributed by atoms with Crippen molar-refractivity contribution in [1.82, 2.24) is 4.98 Å². The van der Waals surface area contributed by atoms with Crippen LogP contribution in [0, 0.1) is 23.2 Å². The van der Waals surface area contributed by atoms with Gasteiger partial charge in [0.05, 0.1) is 5.52 Å². The van der Waals surface area contributed by atoms with Crippen LogP contribution in [0.3, 0.4) is 0 Å². The van der Waals surface area contributed by atoms with Crippen LogP contribution in [0.5, 0.6) is 11.5 Å². The number of nitrogens with zero attached hydrogens (tertiary/aromatic N) is 1. The Morgan fingerprint density at radius 3 is 2.89 bits per heavy atom. The van der Waals surface area contributed by atoms with E-state index >= 15 is 0 Å². The molecule has 3 fully saturated rings. The first-order valence-corrected chi connectivity index (χ1v) is 10.6. The zero-order chi connectivity index (χ0) is 18.7. The lowest BCUT2D eigenvalue weighted by atomic mass is 9.65. The maximum Gasteiger partial charge on any atom is 0.231 e. The highest BCUT2D eigenvalue weighted by Crippen LogP contribution is 2.59. The third kappa shape index (κ3) is 2.57. The number of ether oxygens (including phenoxy) is 2. The molecule has 4 atom stereocenters. The maximum atomic E-state index is 13.3. The zero-order valence-corrected chi connectivity index (χ0v) is 16.0. The minimum absolute atomic E-state index is 0.0917. The summed E-state index contributed by atoms with van der Waals surface area (Å²) in [4.78, 5) is 17.8. The maximum absolute atomic E-state index is 13.3. The van der Waals surface area contributed by atoms with Gasteiger partial charge in [-0.1, -0.05) is 12.8 Å². The Morgan fingerprint density at radius 2 is 1.96 bits per heavy atom. The van der Waals surface area contributed by atoms with E-state index in [-0.39, 0.29) is 12.2 Å². The first-order valence-electron chi connectivity index (χ1n) is 10.6. The standard InChI is InChI=1S/C24H25NO3/c26-23(24-5-1-2-17-7-16(11-24)8-19(17)12-24)4-3-15-6-18-9-21-22(28-14-27-21)10-20(18)25-13-15/h3-4,6,9-10,13,16-17,19H,1-2,5,7-8,11-12,14H2/b4-3+. The van der Waals surface area contributed by atoms with Crippen LogP contribution in [0.15, 0.2) is 30.5 Å². The number of benzene rings is 1. The van der Waals surface area contributed by atoms with Crippen molar-refractivity contribution in [2.45, 2.75) is 44.9 Å². The second-order valence-corrected chi connectivity index (χ2v) is 9.30. The molecule has 3 saturated carbocycles. The van der Waals surface area contributed by atoms with Gasteiger partial charge in [0, 0.05) is 23.1 Å². The van der Waals surface area contributed by atoms with E-state index in [0.29, 0.717) is 5.78 Å². The summed E-state index contributed by atoms with van der Waals surface area (Å²) in [7, 11) is 0. The Morgan fingerprint density at radius 1 is 1.11 bits per heavy atom. The lowest BCUT2D eigenvalue weighted by molar-refractivity contribution is -0.127. The predicted octanol–water partition coefficient (Wildman–Crippen LogP) is 5.15. The molecule has 144 valence electrons. The Balaban J connectivity index is 1.27. The van der Waals surface area contributed by atoms with E-state index < -0.39 is 0 Å². The number of aromatic nitrogens is 1. The summed E-state index contributed by atoms with van der Waals surface area (Å²) in [6, 6.07) is 5.95. The third-order valence-corrected chi connectivity index (χ3v) is 7.65. The Kier molecular flexibility index (Phi) is 3.59. The first-order chi connectivity index (χ1) is 13.7. The third-order valence-electron chi connectivity index (χ3n) is 7.65. The highest BCUT2D eigenvalue weighted by molar-refractivity contribution is 5.98. The SMILES string of the molecule is O=C(/C=C/c1cnc2cc3c(cc2c1)OCO3)C12CCCC3CC(CC3C1)C2. The molecule has 0 saturated heterocycles. The molecular weight excluding hydrogens is 350 g/mol. The number of fused-ring (bicyclic) bond motifs is 4. The molecule has 0 radical (unpaired) electrons. The van der Waals surface area contributed by atoms with E-state index in [0.717, 1.165) is 65.0 Å². The van der Waals surface area contributed by atoms with Crippen LogP contribution < -0.4 is 9.47 Å². The van der Waals surface area contributed by atoms with Crippen molar-refractivity contribution in [2.24, 2.45) is 23.2 Å². The molecule has 28 heavy (non-hydrogen) atoms. The Bertz CT molecular complexity index is 997.